The summed E-state index contributed by atoms with van der Waals surface area (Å²) >= 11 is 7.40. The first kappa shape index (κ1) is 22.5. The first-order valence-corrected chi connectivity index (χ1v) is 12.3. The van der Waals surface area contributed by atoms with Crippen molar-refractivity contribution in [2.45, 2.75) is 35.5 Å². The third-order valence-corrected chi connectivity index (χ3v) is 7.12. The van der Waals surface area contributed by atoms with Crippen molar-refractivity contribution >= 4 is 29.1 Å². The van der Waals surface area contributed by atoms with Crippen LogP contribution in [0.25, 0.3) is 0 Å². The van der Waals surface area contributed by atoms with Crippen molar-refractivity contribution < 1.29 is 9.15 Å². The van der Waals surface area contributed by atoms with Crippen LogP contribution >= 0.6 is 24.0 Å². The molecular weight excluding hydrogens is 462 g/mol. The van der Waals surface area contributed by atoms with E-state index >= 15 is 0 Å². The number of ether oxygens (including phenoxy) is 1. The molecule has 0 amide bonds. The molecule has 1 fully saturated rings. The fourth-order valence-corrected chi connectivity index (χ4v) is 5.17. The van der Waals surface area contributed by atoms with Gasteiger partial charge in [-0.1, -0.05) is 47.7 Å². The van der Waals surface area contributed by atoms with Gasteiger partial charge in [-0.2, -0.15) is 0 Å². The Morgan fingerprint density at radius 2 is 1.82 bits per heavy atom. The minimum absolute atomic E-state index is 0.115. The highest BCUT2D eigenvalue weighted by Gasteiger charge is 2.41. The number of nitrogens with one attached hydrogen (secondary N) is 1. The minimum Gasteiger partial charge on any atom is -0.497 e. The van der Waals surface area contributed by atoms with Gasteiger partial charge in [0.2, 0.25) is 0 Å². The third-order valence-electron chi connectivity index (χ3n) is 5.84. The molecule has 2 atom stereocenters. The second-order valence-corrected chi connectivity index (χ2v) is 9.64. The number of methoxy groups -OCH3 is 1. The van der Waals surface area contributed by atoms with Crippen LogP contribution in [0.3, 0.4) is 0 Å². The Kier molecular flexibility index (Phi) is 6.56. The number of thiocarbonyl (C=S) groups is 1. The first-order chi connectivity index (χ1) is 16.6. The van der Waals surface area contributed by atoms with Crippen LogP contribution < -0.4 is 10.1 Å². The molecule has 4 aromatic rings. The summed E-state index contributed by atoms with van der Waals surface area (Å²) in [5, 5.41) is 5.01. The lowest BCUT2D eigenvalue weighted by molar-refractivity contribution is 0.254. The molecule has 0 saturated carbocycles. The van der Waals surface area contributed by atoms with Gasteiger partial charge in [-0.25, -0.2) is 0 Å². The number of furan rings is 1. The van der Waals surface area contributed by atoms with Crippen molar-refractivity contribution in [3.05, 3.63) is 108 Å². The summed E-state index contributed by atoms with van der Waals surface area (Å²) < 4.78 is 11.7. The van der Waals surface area contributed by atoms with Gasteiger partial charge in [0.25, 0.3) is 0 Å². The Hall–Kier alpha value is -3.29. The number of benzene rings is 2. The largest absolute Gasteiger partial charge is 0.497 e. The number of nitrogens with zero attached hydrogens (tertiary/aromatic N) is 2. The van der Waals surface area contributed by atoms with Crippen LogP contribution in [0.4, 0.5) is 0 Å². The molecule has 0 bridgehead atoms. The number of hydrogen-bond donors (Lipinski definition) is 1. The van der Waals surface area contributed by atoms with E-state index in [0.29, 0.717) is 11.7 Å². The quantitative estimate of drug-likeness (QED) is 0.306. The van der Waals surface area contributed by atoms with E-state index in [1.165, 1.54) is 5.56 Å². The molecule has 0 spiro atoms. The summed E-state index contributed by atoms with van der Waals surface area (Å²) in [7, 11) is 1.67. The number of rotatable bonds is 7. The summed E-state index contributed by atoms with van der Waals surface area (Å²) in [6.45, 7) is 2.73. The van der Waals surface area contributed by atoms with E-state index in [-0.39, 0.29) is 12.1 Å². The predicted molar refractivity (Wildman–Crippen MR) is 138 cm³/mol. The molecule has 34 heavy (non-hydrogen) atoms. The number of hydrogen-bond acceptors (Lipinski definition) is 5. The highest BCUT2D eigenvalue weighted by atomic mass is 32.2. The third kappa shape index (κ3) is 4.81. The summed E-state index contributed by atoms with van der Waals surface area (Å²) in [4.78, 5) is 7.92. The second kappa shape index (κ2) is 9.91. The van der Waals surface area contributed by atoms with Gasteiger partial charge in [0.15, 0.2) is 10.2 Å². The van der Waals surface area contributed by atoms with E-state index in [0.717, 1.165) is 32.8 Å². The Labute approximate surface area is 209 Å². The Bertz CT molecular complexity index is 1260. The zero-order valence-corrected chi connectivity index (χ0v) is 20.6. The van der Waals surface area contributed by atoms with Crippen LogP contribution in [0.5, 0.6) is 5.75 Å². The van der Waals surface area contributed by atoms with Crippen molar-refractivity contribution in [2.24, 2.45) is 0 Å². The maximum Gasteiger partial charge on any atom is 0.170 e. The lowest BCUT2D eigenvalue weighted by atomic mass is 10.0. The summed E-state index contributed by atoms with van der Waals surface area (Å²) in [6.07, 6.45) is 1.81. The van der Waals surface area contributed by atoms with Gasteiger partial charge >= 0.3 is 0 Å². The van der Waals surface area contributed by atoms with Crippen molar-refractivity contribution in [1.82, 2.24) is 15.2 Å². The molecule has 1 aliphatic rings. The highest BCUT2D eigenvalue weighted by molar-refractivity contribution is 7.99. The molecule has 5 nitrogen and oxygen atoms in total. The predicted octanol–water partition coefficient (Wildman–Crippen LogP) is 6.32. The maximum absolute atomic E-state index is 6.38. The molecule has 1 aliphatic heterocycles. The van der Waals surface area contributed by atoms with E-state index in [9.17, 15) is 0 Å². The van der Waals surface area contributed by atoms with Crippen molar-refractivity contribution in [3.8, 4) is 5.75 Å². The van der Waals surface area contributed by atoms with Gasteiger partial charge in [-0.05, 0) is 73.2 Å². The normalized spacial score (nSPS) is 17.6. The fourth-order valence-electron chi connectivity index (χ4n) is 4.08. The van der Waals surface area contributed by atoms with Crippen molar-refractivity contribution in [3.63, 3.8) is 0 Å². The molecule has 0 unspecified atom stereocenters. The molecule has 5 rings (SSSR count). The molecule has 3 heterocycles. The molecule has 1 saturated heterocycles. The van der Waals surface area contributed by atoms with Gasteiger partial charge < -0.3 is 19.4 Å². The van der Waals surface area contributed by atoms with Gasteiger partial charge in [0, 0.05) is 17.6 Å². The Balaban J connectivity index is 1.45. The van der Waals surface area contributed by atoms with E-state index < -0.39 is 0 Å². The van der Waals surface area contributed by atoms with Crippen molar-refractivity contribution in [1.29, 1.82) is 0 Å². The standard InChI is InChI=1S/C27H25N3O2S2/c1-18-6-12-21(13-7-18)34-24-15-14-23(32-24)26-25(22-5-3-4-16-28-22)29-27(33)30(26)17-19-8-10-20(31-2)11-9-19/h3-16,25-26H,17H2,1-2H3,(H,29,33)/t25-,26-/m1/s1. The molecule has 2 aromatic heterocycles. The molecule has 0 aliphatic carbocycles. The zero-order chi connectivity index (χ0) is 23.5. The van der Waals surface area contributed by atoms with E-state index in [1.54, 1.807) is 18.9 Å². The van der Waals surface area contributed by atoms with E-state index in [1.807, 2.05) is 48.7 Å². The summed E-state index contributed by atoms with van der Waals surface area (Å²) in [5.41, 5.74) is 3.30. The van der Waals surface area contributed by atoms with Gasteiger partial charge in [-0.15, -0.1) is 0 Å². The monoisotopic (exact) mass is 487 g/mol. The van der Waals surface area contributed by atoms with Crippen LogP contribution in [0, 0.1) is 6.92 Å². The van der Waals surface area contributed by atoms with Crippen LogP contribution in [0.1, 0.15) is 34.7 Å². The SMILES string of the molecule is COc1ccc(CN2C(=S)N[C@H](c3ccccn3)[C@H]2c2ccc(Sc3ccc(C)cc3)o2)cc1. The number of pyridine rings is 1. The first-order valence-electron chi connectivity index (χ1n) is 11.1. The highest BCUT2D eigenvalue weighted by Crippen LogP contribution is 2.42. The topological polar surface area (TPSA) is 50.5 Å². The van der Waals surface area contributed by atoms with Crippen molar-refractivity contribution in [2.75, 3.05) is 7.11 Å². The molecule has 1 N–H and O–H groups in total. The van der Waals surface area contributed by atoms with Crippen LogP contribution in [0.2, 0.25) is 0 Å². The van der Waals surface area contributed by atoms with Gasteiger partial charge in [0.1, 0.15) is 17.6 Å². The molecule has 2 aromatic carbocycles. The molecular formula is C27H25N3O2S2. The molecule has 0 radical (unpaired) electrons. The number of aromatic nitrogens is 1. The lowest BCUT2D eigenvalue weighted by Crippen LogP contribution is -2.29. The van der Waals surface area contributed by atoms with E-state index in [2.05, 4.69) is 58.5 Å². The van der Waals surface area contributed by atoms with E-state index in [4.69, 9.17) is 21.4 Å². The average Bonchev–Trinajstić information content (AvgIpc) is 3.45. The smallest absolute Gasteiger partial charge is 0.170 e. The summed E-state index contributed by atoms with van der Waals surface area (Å²) in [6, 6.07) is 26.3. The fraction of sp³-hybridized carbons (Fsp3) is 0.185. The zero-order valence-electron chi connectivity index (χ0n) is 19.0. The maximum atomic E-state index is 6.38. The van der Waals surface area contributed by atoms with Crippen LogP contribution in [-0.4, -0.2) is 22.1 Å². The Morgan fingerprint density at radius 1 is 1.03 bits per heavy atom. The van der Waals surface area contributed by atoms with Gasteiger partial charge in [0.05, 0.1) is 18.8 Å². The number of aryl methyl sites for hydroxylation is 1. The average molecular weight is 488 g/mol. The lowest BCUT2D eigenvalue weighted by Gasteiger charge is -2.26. The molecule has 172 valence electrons. The Morgan fingerprint density at radius 3 is 2.53 bits per heavy atom. The molecule has 7 heteroatoms. The summed E-state index contributed by atoms with van der Waals surface area (Å²) in [5.74, 6) is 1.68. The van der Waals surface area contributed by atoms with Crippen LogP contribution in [0.15, 0.2) is 99.5 Å². The van der Waals surface area contributed by atoms with Crippen LogP contribution in [-0.2, 0) is 6.54 Å². The minimum atomic E-state index is -0.128. The van der Waals surface area contributed by atoms with Gasteiger partial charge in [-0.3, -0.25) is 4.98 Å². The second-order valence-electron chi connectivity index (χ2n) is 8.17.